The molecule has 0 unspecified atom stereocenters. The van der Waals surface area contributed by atoms with Crippen LogP contribution in [-0.2, 0) is 0 Å². The topological polar surface area (TPSA) is 69.2 Å². The molecule has 1 aromatic rings. The van der Waals surface area contributed by atoms with Crippen LogP contribution in [0.4, 0.5) is 11.4 Å². The maximum Gasteiger partial charge on any atom is 0.285 e. The highest BCUT2D eigenvalue weighted by molar-refractivity contribution is 9.10. The van der Waals surface area contributed by atoms with E-state index in [-0.39, 0.29) is 15.2 Å². The number of benzene rings is 1. The van der Waals surface area contributed by atoms with E-state index in [9.17, 15) is 10.1 Å². The van der Waals surface area contributed by atoms with Gasteiger partial charge in [0.05, 0.1) is 15.6 Å². The van der Waals surface area contributed by atoms with E-state index in [0.29, 0.717) is 5.69 Å². The lowest BCUT2D eigenvalue weighted by molar-refractivity contribution is -0.385. The van der Waals surface area contributed by atoms with Gasteiger partial charge in [0.2, 0.25) is 0 Å². The Kier molecular flexibility index (Phi) is 2.54. The number of halogens is 2. The van der Waals surface area contributed by atoms with Crippen molar-refractivity contribution in [2.24, 2.45) is 0 Å². The van der Waals surface area contributed by atoms with E-state index in [0.717, 1.165) is 0 Å². The molecule has 1 aromatic carbocycles. The molecular weight excluding hydrogens is 247 g/mol. The van der Waals surface area contributed by atoms with E-state index in [2.05, 4.69) is 15.9 Å². The summed E-state index contributed by atoms with van der Waals surface area (Å²) in [5.41, 5.74) is 5.63. The van der Waals surface area contributed by atoms with Crippen molar-refractivity contribution >= 4 is 38.9 Å². The predicted molar refractivity (Wildman–Crippen MR) is 50.2 cm³/mol. The fraction of sp³-hybridized carbons (Fsp3) is 0. The first-order valence-corrected chi connectivity index (χ1v) is 4.09. The SMILES string of the molecule is Nc1ccc([N+](=O)[O-])c(Br)c1Cl. The Bertz CT molecular complexity index is 343. The van der Waals surface area contributed by atoms with Crippen LogP contribution in [0.5, 0.6) is 0 Å². The minimum absolute atomic E-state index is 0.0887. The maximum atomic E-state index is 10.4. The van der Waals surface area contributed by atoms with Crippen LogP contribution in [0.2, 0.25) is 5.02 Å². The van der Waals surface area contributed by atoms with Gasteiger partial charge in [0.1, 0.15) is 4.47 Å². The minimum atomic E-state index is -0.532. The summed E-state index contributed by atoms with van der Waals surface area (Å²) in [6.45, 7) is 0. The second kappa shape index (κ2) is 3.28. The Morgan fingerprint density at radius 2 is 2.17 bits per heavy atom. The number of hydrogen-bond acceptors (Lipinski definition) is 3. The first kappa shape index (κ1) is 9.28. The van der Waals surface area contributed by atoms with Crippen molar-refractivity contribution in [2.75, 3.05) is 5.73 Å². The molecule has 64 valence electrons. The molecule has 0 spiro atoms. The molecule has 2 N–H and O–H groups in total. The number of anilines is 1. The minimum Gasteiger partial charge on any atom is -0.397 e. The van der Waals surface area contributed by atoms with E-state index in [1.165, 1.54) is 12.1 Å². The lowest BCUT2D eigenvalue weighted by Crippen LogP contribution is -1.93. The number of nitrogen functional groups attached to an aromatic ring is 1. The molecule has 0 heterocycles. The van der Waals surface area contributed by atoms with Crippen molar-refractivity contribution in [1.29, 1.82) is 0 Å². The Morgan fingerprint density at radius 1 is 1.58 bits per heavy atom. The van der Waals surface area contributed by atoms with E-state index >= 15 is 0 Å². The van der Waals surface area contributed by atoms with E-state index in [1.54, 1.807) is 0 Å². The molecule has 0 radical (unpaired) electrons. The van der Waals surface area contributed by atoms with E-state index in [4.69, 9.17) is 17.3 Å². The first-order chi connectivity index (χ1) is 5.54. The molecule has 0 fully saturated rings. The summed E-state index contributed by atoms with van der Waals surface area (Å²) < 4.78 is 0.217. The molecule has 0 saturated carbocycles. The monoisotopic (exact) mass is 250 g/mol. The number of rotatable bonds is 1. The number of nitro groups is 1. The number of nitrogens with zero attached hydrogens (tertiary/aromatic N) is 1. The Hall–Kier alpha value is -0.810. The fourth-order valence-electron chi connectivity index (χ4n) is 0.695. The van der Waals surface area contributed by atoms with Crippen LogP contribution in [0.1, 0.15) is 0 Å². The fourth-order valence-corrected chi connectivity index (χ4v) is 1.36. The zero-order valence-corrected chi connectivity index (χ0v) is 8.09. The molecule has 0 atom stereocenters. The van der Waals surface area contributed by atoms with Crippen molar-refractivity contribution in [3.63, 3.8) is 0 Å². The molecule has 0 saturated heterocycles. The third kappa shape index (κ3) is 1.51. The second-order valence-electron chi connectivity index (χ2n) is 2.06. The smallest absolute Gasteiger partial charge is 0.285 e. The third-order valence-corrected chi connectivity index (χ3v) is 2.73. The molecule has 1 rings (SSSR count). The van der Waals surface area contributed by atoms with Gasteiger partial charge < -0.3 is 5.73 Å². The largest absolute Gasteiger partial charge is 0.397 e. The van der Waals surface area contributed by atoms with Gasteiger partial charge >= 0.3 is 0 Å². The lowest BCUT2D eigenvalue weighted by Gasteiger charge is -2.00. The molecule has 0 aliphatic rings. The quantitative estimate of drug-likeness (QED) is 0.474. The first-order valence-electron chi connectivity index (χ1n) is 2.92. The van der Waals surface area contributed by atoms with Gasteiger partial charge in [0.15, 0.2) is 0 Å². The van der Waals surface area contributed by atoms with Crippen LogP contribution in [0.25, 0.3) is 0 Å². The average Bonchev–Trinajstić information content (AvgIpc) is 2.00. The molecule has 0 aromatic heterocycles. The van der Waals surface area contributed by atoms with Crippen LogP contribution in [0.3, 0.4) is 0 Å². The molecule has 4 nitrogen and oxygen atoms in total. The van der Waals surface area contributed by atoms with Crippen molar-refractivity contribution in [1.82, 2.24) is 0 Å². The summed E-state index contributed by atoms with van der Waals surface area (Å²) in [6, 6.07) is 2.69. The van der Waals surface area contributed by atoms with Gasteiger partial charge in [-0.1, -0.05) is 11.6 Å². The van der Waals surface area contributed by atoms with E-state index < -0.39 is 4.92 Å². The molecule has 12 heavy (non-hydrogen) atoms. The molecule has 0 amide bonds. The summed E-state index contributed by atoms with van der Waals surface area (Å²) in [6.07, 6.45) is 0. The van der Waals surface area contributed by atoms with Gasteiger partial charge in [-0.2, -0.15) is 0 Å². The number of nitrogens with two attached hydrogens (primary N) is 1. The van der Waals surface area contributed by atoms with Crippen molar-refractivity contribution in [3.05, 3.63) is 31.7 Å². The number of nitro benzene ring substituents is 1. The third-order valence-electron chi connectivity index (χ3n) is 1.29. The van der Waals surface area contributed by atoms with Crippen molar-refractivity contribution in [3.8, 4) is 0 Å². The van der Waals surface area contributed by atoms with Gasteiger partial charge in [-0.15, -0.1) is 0 Å². The Morgan fingerprint density at radius 3 is 2.67 bits per heavy atom. The highest BCUT2D eigenvalue weighted by atomic mass is 79.9. The predicted octanol–water partition coefficient (Wildman–Crippen LogP) is 2.59. The van der Waals surface area contributed by atoms with E-state index in [1.807, 2.05) is 0 Å². The van der Waals surface area contributed by atoms with Crippen LogP contribution >= 0.6 is 27.5 Å². The zero-order chi connectivity index (χ0) is 9.30. The summed E-state index contributed by atoms with van der Waals surface area (Å²) in [4.78, 5) is 9.83. The maximum absolute atomic E-state index is 10.4. The van der Waals surface area contributed by atoms with Crippen LogP contribution in [0, 0.1) is 10.1 Å². The highest BCUT2D eigenvalue weighted by Gasteiger charge is 2.15. The van der Waals surface area contributed by atoms with Crippen LogP contribution in [0.15, 0.2) is 16.6 Å². The summed E-state index contributed by atoms with van der Waals surface area (Å²) >= 11 is 8.63. The van der Waals surface area contributed by atoms with Gasteiger partial charge in [-0.25, -0.2) is 0 Å². The van der Waals surface area contributed by atoms with Crippen molar-refractivity contribution < 1.29 is 4.92 Å². The van der Waals surface area contributed by atoms with Crippen LogP contribution in [-0.4, -0.2) is 4.92 Å². The Labute approximate surface area is 81.6 Å². The number of hydrogen-bond donors (Lipinski definition) is 1. The van der Waals surface area contributed by atoms with Gasteiger partial charge in [0, 0.05) is 6.07 Å². The molecule has 0 aliphatic carbocycles. The highest BCUT2D eigenvalue weighted by Crippen LogP contribution is 2.35. The lowest BCUT2D eigenvalue weighted by atomic mass is 10.3. The summed E-state index contributed by atoms with van der Waals surface area (Å²) in [5, 5.41) is 10.5. The summed E-state index contributed by atoms with van der Waals surface area (Å²) in [5.74, 6) is 0. The normalized spacial score (nSPS) is 9.83. The zero-order valence-electron chi connectivity index (χ0n) is 5.75. The standard InChI is InChI=1S/C6H4BrClN2O2/c7-5-4(10(11)12)2-1-3(9)6(5)8/h1-2H,9H2. The molecule has 0 bridgehead atoms. The van der Waals surface area contributed by atoms with Gasteiger partial charge in [0.25, 0.3) is 5.69 Å². The van der Waals surface area contributed by atoms with Gasteiger partial charge in [-0.05, 0) is 22.0 Å². The summed E-state index contributed by atoms with van der Waals surface area (Å²) in [7, 11) is 0. The van der Waals surface area contributed by atoms with Gasteiger partial charge in [-0.3, -0.25) is 10.1 Å². The Balaban J connectivity index is 3.36. The van der Waals surface area contributed by atoms with Crippen LogP contribution < -0.4 is 5.73 Å². The molecule has 6 heteroatoms. The average molecular weight is 251 g/mol. The molecular formula is C6H4BrClN2O2. The second-order valence-corrected chi connectivity index (χ2v) is 3.23. The molecule has 0 aliphatic heterocycles. The van der Waals surface area contributed by atoms with Crippen molar-refractivity contribution in [2.45, 2.75) is 0 Å².